The van der Waals surface area contributed by atoms with Crippen molar-refractivity contribution in [2.75, 3.05) is 0 Å². The quantitative estimate of drug-likeness (QED) is 0.767. The molecule has 0 spiro atoms. The maximum atomic E-state index is 13.0. The van der Waals surface area contributed by atoms with Crippen molar-refractivity contribution in [2.24, 2.45) is 0 Å². The Balaban J connectivity index is 2.44. The largest absolute Gasteiger partial charge is 0.289 e. The molecule has 86 valence electrons. The molecule has 4 heteroatoms. The number of hydrogen-bond donors (Lipinski definition) is 0. The van der Waals surface area contributed by atoms with Crippen molar-refractivity contribution >= 4 is 21.7 Å². The fourth-order valence-corrected chi connectivity index (χ4v) is 1.99. The van der Waals surface area contributed by atoms with Gasteiger partial charge in [-0.1, -0.05) is 12.1 Å². The van der Waals surface area contributed by atoms with Crippen molar-refractivity contribution < 1.29 is 13.6 Å². The number of halogens is 3. The van der Waals surface area contributed by atoms with Gasteiger partial charge in [0.05, 0.1) is 0 Å². The SMILES string of the molecule is O=C(c1cccc(F)c1)c1ccc(F)cc1Br. The van der Waals surface area contributed by atoms with E-state index in [0.717, 1.165) is 6.07 Å². The highest BCUT2D eigenvalue weighted by atomic mass is 79.9. The molecule has 2 rings (SSSR count). The predicted octanol–water partition coefficient (Wildman–Crippen LogP) is 3.96. The Morgan fingerprint density at radius 1 is 1.00 bits per heavy atom. The van der Waals surface area contributed by atoms with Gasteiger partial charge in [0.15, 0.2) is 5.78 Å². The molecular weight excluding hydrogens is 290 g/mol. The van der Waals surface area contributed by atoms with Crippen molar-refractivity contribution in [1.82, 2.24) is 0 Å². The summed E-state index contributed by atoms with van der Waals surface area (Å²) in [6, 6.07) is 9.15. The van der Waals surface area contributed by atoms with E-state index in [1.54, 1.807) is 0 Å². The highest BCUT2D eigenvalue weighted by Crippen LogP contribution is 2.21. The van der Waals surface area contributed by atoms with Crippen LogP contribution in [0.5, 0.6) is 0 Å². The normalized spacial score (nSPS) is 10.3. The molecule has 1 nitrogen and oxygen atoms in total. The Labute approximate surface area is 105 Å². The highest BCUT2D eigenvalue weighted by molar-refractivity contribution is 9.10. The molecule has 0 saturated heterocycles. The smallest absolute Gasteiger partial charge is 0.194 e. The molecule has 0 aromatic heterocycles. The summed E-state index contributed by atoms with van der Waals surface area (Å²) in [4.78, 5) is 12.0. The lowest BCUT2D eigenvalue weighted by Gasteiger charge is -2.04. The fraction of sp³-hybridized carbons (Fsp3) is 0. The molecule has 0 heterocycles. The van der Waals surface area contributed by atoms with E-state index in [2.05, 4.69) is 15.9 Å². The Morgan fingerprint density at radius 2 is 1.71 bits per heavy atom. The minimum absolute atomic E-state index is 0.234. The molecule has 0 aliphatic heterocycles. The fourth-order valence-electron chi connectivity index (χ4n) is 1.46. The van der Waals surface area contributed by atoms with E-state index in [9.17, 15) is 13.6 Å². The molecule has 0 saturated carbocycles. The molecule has 2 aromatic carbocycles. The number of benzene rings is 2. The maximum Gasteiger partial charge on any atom is 0.194 e. The molecule has 0 radical (unpaired) electrons. The molecular formula is C13H7BrF2O. The van der Waals surface area contributed by atoms with Gasteiger partial charge in [0.2, 0.25) is 0 Å². The standard InChI is InChI=1S/C13H7BrF2O/c14-12-7-10(16)4-5-11(12)13(17)8-2-1-3-9(15)6-8/h1-7H. The Hall–Kier alpha value is -1.55. The van der Waals surface area contributed by atoms with Crippen molar-refractivity contribution in [3.05, 3.63) is 69.7 Å². The third-order valence-corrected chi connectivity index (χ3v) is 2.92. The van der Waals surface area contributed by atoms with Gasteiger partial charge in [-0.2, -0.15) is 0 Å². The molecule has 0 fully saturated rings. The predicted molar refractivity (Wildman–Crippen MR) is 63.9 cm³/mol. The zero-order chi connectivity index (χ0) is 12.4. The number of carbonyl (C=O) groups excluding carboxylic acids is 1. The average Bonchev–Trinajstić information content (AvgIpc) is 2.28. The van der Waals surface area contributed by atoms with Crippen molar-refractivity contribution in [3.8, 4) is 0 Å². The number of hydrogen-bond acceptors (Lipinski definition) is 1. The van der Waals surface area contributed by atoms with Crippen LogP contribution in [0.15, 0.2) is 46.9 Å². The third kappa shape index (κ3) is 2.58. The monoisotopic (exact) mass is 296 g/mol. The van der Waals surface area contributed by atoms with Gasteiger partial charge < -0.3 is 0 Å². The van der Waals surface area contributed by atoms with Gasteiger partial charge in [0, 0.05) is 15.6 Å². The number of carbonyl (C=O) groups is 1. The van der Waals surface area contributed by atoms with Gasteiger partial charge in [-0.05, 0) is 46.3 Å². The second-order valence-corrected chi connectivity index (χ2v) is 4.32. The van der Waals surface area contributed by atoms with Crippen LogP contribution < -0.4 is 0 Å². The zero-order valence-corrected chi connectivity index (χ0v) is 10.2. The maximum absolute atomic E-state index is 13.0. The Bertz CT molecular complexity index is 581. The van der Waals surface area contributed by atoms with Crippen LogP contribution >= 0.6 is 15.9 Å². The second kappa shape index (κ2) is 4.75. The molecule has 17 heavy (non-hydrogen) atoms. The lowest BCUT2D eigenvalue weighted by atomic mass is 10.0. The molecule has 0 unspecified atom stereocenters. The Morgan fingerprint density at radius 3 is 2.35 bits per heavy atom. The Kier molecular flexibility index (Phi) is 3.33. The van der Waals surface area contributed by atoms with E-state index in [-0.39, 0.29) is 11.3 Å². The van der Waals surface area contributed by atoms with Crippen LogP contribution in [0, 0.1) is 11.6 Å². The topological polar surface area (TPSA) is 17.1 Å². The summed E-state index contributed by atoms with van der Waals surface area (Å²) < 4.78 is 26.2. The van der Waals surface area contributed by atoms with Crippen LogP contribution in [0.4, 0.5) is 8.78 Å². The van der Waals surface area contributed by atoms with E-state index < -0.39 is 11.6 Å². The van der Waals surface area contributed by atoms with Crippen LogP contribution in [-0.4, -0.2) is 5.78 Å². The van der Waals surface area contributed by atoms with Crippen LogP contribution in [0.3, 0.4) is 0 Å². The second-order valence-electron chi connectivity index (χ2n) is 3.46. The van der Waals surface area contributed by atoms with E-state index in [4.69, 9.17) is 0 Å². The van der Waals surface area contributed by atoms with Crippen molar-refractivity contribution in [1.29, 1.82) is 0 Å². The third-order valence-electron chi connectivity index (χ3n) is 2.26. The lowest BCUT2D eigenvalue weighted by Crippen LogP contribution is -2.03. The van der Waals surface area contributed by atoms with Crippen LogP contribution in [0.1, 0.15) is 15.9 Å². The molecule has 2 aromatic rings. The van der Waals surface area contributed by atoms with Crippen LogP contribution in [-0.2, 0) is 0 Å². The number of ketones is 1. The molecule has 0 N–H and O–H groups in total. The summed E-state index contributed by atoms with van der Waals surface area (Å²) in [6.45, 7) is 0. The first kappa shape index (κ1) is 11.9. The van der Waals surface area contributed by atoms with Gasteiger partial charge in [-0.15, -0.1) is 0 Å². The lowest BCUT2D eigenvalue weighted by molar-refractivity contribution is 0.103. The zero-order valence-electron chi connectivity index (χ0n) is 8.58. The summed E-state index contributed by atoms with van der Waals surface area (Å²) in [5.41, 5.74) is 0.536. The molecule has 0 atom stereocenters. The summed E-state index contributed by atoms with van der Waals surface area (Å²) in [7, 11) is 0. The van der Waals surface area contributed by atoms with Gasteiger partial charge in [-0.25, -0.2) is 8.78 Å². The van der Waals surface area contributed by atoms with E-state index in [1.165, 1.54) is 36.4 Å². The van der Waals surface area contributed by atoms with E-state index in [0.29, 0.717) is 10.0 Å². The highest BCUT2D eigenvalue weighted by Gasteiger charge is 2.13. The first-order chi connectivity index (χ1) is 8.08. The molecule has 0 bridgehead atoms. The van der Waals surface area contributed by atoms with Gasteiger partial charge >= 0.3 is 0 Å². The van der Waals surface area contributed by atoms with Crippen LogP contribution in [0.2, 0.25) is 0 Å². The summed E-state index contributed by atoms with van der Waals surface area (Å²) in [6.07, 6.45) is 0. The first-order valence-corrected chi connectivity index (χ1v) is 5.62. The van der Waals surface area contributed by atoms with Gasteiger partial charge in [0.25, 0.3) is 0 Å². The van der Waals surface area contributed by atoms with Crippen LogP contribution in [0.25, 0.3) is 0 Å². The van der Waals surface area contributed by atoms with Crippen molar-refractivity contribution in [3.63, 3.8) is 0 Å². The molecule has 0 aliphatic rings. The van der Waals surface area contributed by atoms with Crippen molar-refractivity contribution in [2.45, 2.75) is 0 Å². The summed E-state index contributed by atoms with van der Waals surface area (Å²) >= 11 is 3.11. The number of rotatable bonds is 2. The molecule has 0 amide bonds. The first-order valence-electron chi connectivity index (χ1n) is 4.83. The summed E-state index contributed by atoms with van der Waals surface area (Å²) in [5, 5.41) is 0. The van der Waals surface area contributed by atoms with E-state index in [1.807, 2.05) is 0 Å². The minimum atomic E-state index is -0.478. The van der Waals surface area contributed by atoms with Gasteiger partial charge in [0.1, 0.15) is 11.6 Å². The van der Waals surface area contributed by atoms with Gasteiger partial charge in [-0.3, -0.25) is 4.79 Å². The van der Waals surface area contributed by atoms with E-state index >= 15 is 0 Å². The minimum Gasteiger partial charge on any atom is -0.289 e. The molecule has 0 aliphatic carbocycles. The average molecular weight is 297 g/mol. The summed E-state index contributed by atoms with van der Waals surface area (Å²) in [5.74, 6) is -1.27.